The Balaban J connectivity index is 1.58. The van der Waals surface area contributed by atoms with Gasteiger partial charge < -0.3 is 5.32 Å². The second-order valence-corrected chi connectivity index (χ2v) is 7.92. The fourth-order valence-electron chi connectivity index (χ4n) is 3.07. The molecular weight excluding hydrogens is 396 g/mol. The zero-order valence-corrected chi connectivity index (χ0v) is 17.6. The number of carbonyl (C=O) groups is 1. The SMILES string of the molecule is Cc1ccc(Sc2ncccc2C(=O)Nc2cccc(-c3nnnn3C)c2)c(C)c1. The third-order valence-electron chi connectivity index (χ3n) is 4.55. The van der Waals surface area contributed by atoms with Crippen molar-refractivity contribution in [1.29, 1.82) is 0 Å². The van der Waals surface area contributed by atoms with Crippen molar-refractivity contribution < 1.29 is 4.79 Å². The lowest BCUT2D eigenvalue weighted by molar-refractivity contribution is 0.102. The number of tetrazole rings is 1. The van der Waals surface area contributed by atoms with Crippen LogP contribution >= 0.6 is 11.8 Å². The average Bonchev–Trinajstić information content (AvgIpc) is 3.16. The van der Waals surface area contributed by atoms with E-state index in [1.54, 1.807) is 30.1 Å². The minimum absolute atomic E-state index is 0.219. The van der Waals surface area contributed by atoms with Crippen LogP contribution in [0.4, 0.5) is 5.69 Å². The molecule has 1 N–H and O–H groups in total. The predicted molar refractivity (Wildman–Crippen MR) is 116 cm³/mol. The molecule has 2 aromatic heterocycles. The molecule has 0 unspecified atom stereocenters. The number of aromatic nitrogens is 5. The molecule has 0 saturated carbocycles. The highest BCUT2D eigenvalue weighted by Gasteiger charge is 2.15. The number of pyridine rings is 1. The van der Waals surface area contributed by atoms with E-state index in [1.165, 1.54) is 17.3 Å². The van der Waals surface area contributed by atoms with Gasteiger partial charge in [-0.3, -0.25) is 4.79 Å². The second kappa shape index (κ2) is 8.46. The highest BCUT2D eigenvalue weighted by molar-refractivity contribution is 7.99. The van der Waals surface area contributed by atoms with Crippen LogP contribution in [0.15, 0.2) is 70.7 Å². The molecule has 0 aliphatic rings. The molecule has 30 heavy (non-hydrogen) atoms. The average molecular weight is 417 g/mol. The van der Waals surface area contributed by atoms with Gasteiger partial charge in [-0.1, -0.05) is 41.6 Å². The minimum atomic E-state index is -0.219. The Morgan fingerprint density at radius 1 is 1.07 bits per heavy atom. The van der Waals surface area contributed by atoms with E-state index in [4.69, 9.17) is 0 Å². The van der Waals surface area contributed by atoms with Gasteiger partial charge in [0.25, 0.3) is 5.91 Å². The van der Waals surface area contributed by atoms with Crippen LogP contribution in [0.25, 0.3) is 11.4 Å². The largest absolute Gasteiger partial charge is 0.322 e. The number of aryl methyl sites for hydroxylation is 3. The van der Waals surface area contributed by atoms with Crippen LogP contribution in [0.2, 0.25) is 0 Å². The summed E-state index contributed by atoms with van der Waals surface area (Å²) in [5.41, 5.74) is 4.35. The number of rotatable bonds is 5. The van der Waals surface area contributed by atoms with Gasteiger partial charge in [-0.2, -0.15) is 0 Å². The fourth-order valence-corrected chi connectivity index (χ4v) is 4.02. The number of amides is 1. The fraction of sp³-hybridized carbons (Fsp3) is 0.136. The molecule has 7 nitrogen and oxygen atoms in total. The van der Waals surface area contributed by atoms with Crippen molar-refractivity contribution in [2.75, 3.05) is 5.32 Å². The van der Waals surface area contributed by atoms with E-state index in [0.717, 1.165) is 16.0 Å². The molecule has 4 rings (SSSR count). The maximum absolute atomic E-state index is 13.0. The Labute approximate surface area is 178 Å². The van der Waals surface area contributed by atoms with Crippen molar-refractivity contribution in [1.82, 2.24) is 25.2 Å². The van der Waals surface area contributed by atoms with Crippen molar-refractivity contribution >= 4 is 23.4 Å². The number of carbonyl (C=O) groups excluding carboxylic acids is 1. The summed E-state index contributed by atoms with van der Waals surface area (Å²) in [6.45, 7) is 4.12. The molecule has 0 saturated heterocycles. The van der Waals surface area contributed by atoms with Gasteiger partial charge in [0.05, 0.1) is 5.56 Å². The monoisotopic (exact) mass is 416 g/mol. The highest BCUT2D eigenvalue weighted by atomic mass is 32.2. The lowest BCUT2D eigenvalue weighted by Gasteiger charge is -2.11. The summed E-state index contributed by atoms with van der Waals surface area (Å²) in [7, 11) is 1.77. The maximum Gasteiger partial charge on any atom is 0.258 e. The zero-order chi connectivity index (χ0) is 21.1. The lowest BCUT2D eigenvalue weighted by Crippen LogP contribution is -2.13. The summed E-state index contributed by atoms with van der Waals surface area (Å²) < 4.78 is 1.58. The van der Waals surface area contributed by atoms with Gasteiger partial charge in [0, 0.05) is 29.4 Å². The molecule has 0 fully saturated rings. The first-order chi connectivity index (χ1) is 14.5. The van der Waals surface area contributed by atoms with Crippen molar-refractivity contribution in [3.63, 3.8) is 0 Å². The first-order valence-corrected chi connectivity index (χ1v) is 10.2. The molecule has 0 bridgehead atoms. The van der Waals surface area contributed by atoms with Crippen molar-refractivity contribution in [2.24, 2.45) is 7.05 Å². The van der Waals surface area contributed by atoms with E-state index in [-0.39, 0.29) is 5.91 Å². The molecule has 1 amide bonds. The summed E-state index contributed by atoms with van der Waals surface area (Å²) in [5.74, 6) is 0.405. The minimum Gasteiger partial charge on any atom is -0.322 e. The van der Waals surface area contributed by atoms with E-state index in [9.17, 15) is 4.79 Å². The second-order valence-electron chi connectivity index (χ2n) is 6.89. The lowest BCUT2D eigenvalue weighted by atomic mass is 10.2. The van der Waals surface area contributed by atoms with E-state index >= 15 is 0 Å². The van der Waals surface area contributed by atoms with E-state index in [0.29, 0.717) is 22.1 Å². The van der Waals surface area contributed by atoms with Crippen LogP contribution in [0.3, 0.4) is 0 Å². The number of hydrogen-bond acceptors (Lipinski definition) is 6. The predicted octanol–water partition coefficient (Wildman–Crippen LogP) is 4.29. The van der Waals surface area contributed by atoms with E-state index in [1.807, 2.05) is 24.3 Å². The molecule has 0 aliphatic carbocycles. The Hall–Kier alpha value is -3.52. The zero-order valence-electron chi connectivity index (χ0n) is 16.8. The van der Waals surface area contributed by atoms with Crippen LogP contribution < -0.4 is 5.32 Å². The summed E-state index contributed by atoms with van der Waals surface area (Å²) in [5, 5.41) is 15.2. The number of benzene rings is 2. The molecule has 0 aliphatic heterocycles. The summed E-state index contributed by atoms with van der Waals surface area (Å²) in [6.07, 6.45) is 1.70. The topological polar surface area (TPSA) is 85.6 Å². The summed E-state index contributed by atoms with van der Waals surface area (Å²) in [6, 6.07) is 17.2. The van der Waals surface area contributed by atoms with E-state index in [2.05, 4.69) is 57.9 Å². The van der Waals surface area contributed by atoms with Crippen LogP contribution in [-0.2, 0) is 7.05 Å². The standard InChI is InChI=1S/C22H20N6OS/c1-14-9-10-19(15(2)12-14)30-22-18(8-5-11-23-22)21(29)24-17-7-4-6-16(13-17)20-25-26-27-28(20)3/h4-13H,1-3H3,(H,24,29). The Kier molecular flexibility index (Phi) is 5.58. The molecule has 8 heteroatoms. The van der Waals surface area contributed by atoms with Gasteiger partial charge >= 0.3 is 0 Å². The number of nitrogens with one attached hydrogen (secondary N) is 1. The molecule has 0 atom stereocenters. The number of hydrogen-bond donors (Lipinski definition) is 1. The smallest absolute Gasteiger partial charge is 0.258 e. The Morgan fingerprint density at radius 3 is 2.70 bits per heavy atom. The highest BCUT2D eigenvalue weighted by Crippen LogP contribution is 2.32. The van der Waals surface area contributed by atoms with Crippen molar-refractivity contribution in [2.45, 2.75) is 23.8 Å². The number of anilines is 1. The van der Waals surface area contributed by atoms with Gasteiger partial charge in [0.2, 0.25) is 0 Å². The van der Waals surface area contributed by atoms with Crippen LogP contribution in [0.5, 0.6) is 0 Å². The van der Waals surface area contributed by atoms with Gasteiger partial charge in [0.15, 0.2) is 5.82 Å². The molecule has 2 aromatic carbocycles. The Bertz CT molecular complexity index is 1220. The third-order valence-corrected chi connectivity index (χ3v) is 5.75. The first-order valence-electron chi connectivity index (χ1n) is 9.35. The third kappa shape index (κ3) is 4.23. The first kappa shape index (κ1) is 19.8. The quantitative estimate of drug-likeness (QED) is 0.522. The maximum atomic E-state index is 13.0. The van der Waals surface area contributed by atoms with Crippen LogP contribution in [0, 0.1) is 13.8 Å². The summed E-state index contributed by atoms with van der Waals surface area (Å²) in [4.78, 5) is 18.5. The molecule has 0 radical (unpaired) electrons. The Morgan fingerprint density at radius 2 is 1.93 bits per heavy atom. The van der Waals surface area contributed by atoms with Gasteiger partial charge in [-0.25, -0.2) is 9.67 Å². The van der Waals surface area contributed by atoms with Gasteiger partial charge in [-0.15, -0.1) is 5.10 Å². The van der Waals surface area contributed by atoms with Gasteiger partial charge in [0.1, 0.15) is 5.03 Å². The summed E-state index contributed by atoms with van der Waals surface area (Å²) >= 11 is 1.49. The molecule has 0 spiro atoms. The van der Waals surface area contributed by atoms with Crippen LogP contribution in [-0.4, -0.2) is 31.1 Å². The number of nitrogens with zero attached hydrogens (tertiary/aromatic N) is 5. The van der Waals surface area contributed by atoms with Gasteiger partial charge in [-0.05, 0) is 60.2 Å². The molecule has 2 heterocycles. The molecule has 4 aromatic rings. The van der Waals surface area contributed by atoms with Crippen molar-refractivity contribution in [3.8, 4) is 11.4 Å². The molecular formula is C22H20N6OS. The molecule has 150 valence electrons. The van der Waals surface area contributed by atoms with Crippen LogP contribution in [0.1, 0.15) is 21.5 Å². The normalized spacial score (nSPS) is 10.8. The van der Waals surface area contributed by atoms with E-state index < -0.39 is 0 Å². The van der Waals surface area contributed by atoms with Crippen molar-refractivity contribution in [3.05, 3.63) is 77.5 Å².